The molecule has 0 amide bonds. The molecule has 0 saturated heterocycles. The Morgan fingerprint density at radius 1 is 1.38 bits per heavy atom. The molecule has 0 saturated carbocycles. The molecule has 0 aliphatic rings. The second-order valence-electron chi connectivity index (χ2n) is 3.40. The number of hydrogen-bond donors (Lipinski definition) is 1. The van der Waals surface area contributed by atoms with E-state index in [1.807, 2.05) is 6.07 Å². The fourth-order valence-corrected chi connectivity index (χ4v) is 1.54. The third-order valence-corrected chi connectivity index (χ3v) is 2.35. The molecule has 5 heteroatoms. The second-order valence-corrected chi connectivity index (χ2v) is 3.82. The summed E-state index contributed by atoms with van der Waals surface area (Å²) in [6.45, 7) is 3.96. The zero-order valence-electron chi connectivity index (χ0n) is 9.78. The molecule has 1 aromatic rings. The first-order valence-corrected chi connectivity index (χ1v) is 5.83. The summed E-state index contributed by atoms with van der Waals surface area (Å²) in [5.74, 6) is 0.891. The summed E-state index contributed by atoms with van der Waals surface area (Å²) in [6, 6.07) is 1.89. The van der Waals surface area contributed by atoms with Gasteiger partial charge in [0.15, 0.2) is 0 Å². The van der Waals surface area contributed by atoms with E-state index in [2.05, 4.69) is 16.9 Å². The van der Waals surface area contributed by atoms with Crippen LogP contribution in [-0.4, -0.2) is 36.9 Å². The van der Waals surface area contributed by atoms with Crippen molar-refractivity contribution >= 4 is 12.2 Å². The van der Waals surface area contributed by atoms with Crippen LogP contribution in [-0.2, 0) is 22.3 Å². The minimum absolute atomic E-state index is 0.616. The predicted molar refractivity (Wildman–Crippen MR) is 65.2 cm³/mol. The fraction of sp³-hybridized carbons (Fsp3) is 0.636. The van der Waals surface area contributed by atoms with Crippen molar-refractivity contribution in [2.45, 2.75) is 19.8 Å². The molecule has 0 spiro atoms. The molecule has 4 nitrogen and oxygen atoms in total. The van der Waals surface area contributed by atoms with Crippen LogP contribution in [0.25, 0.3) is 0 Å². The maximum absolute atomic E-state index is 5.37. The first-order chi connectivity index (χ1) is 7.76. The number of nitrogens with one attached hydrogen (secondary N) is 1. The quantitative estimate of drug-likeness (QED) is 0.586. The van der Waals surface area contributed by atoms with E-state index in [4.69, 9.17) is 21.7 Å². The Morgan fingerprint density at radius 3 is 2.88 bits per heavy atom. The highest BCUT2D eigenvalue weighted by atomic mass is 32.1. The molecule has 0 atom stereocenters. The molecule has 0 aromatic carbocycles. The Hall–Kier alpha value is -0.780. The molecule has 0 aliphatic heterocycles. The Morgan fingerprint density at radius 2 is 2.19 bits per heavy atom. The lowest BCUT2D eigenvalue weighted by Gasteiger charge is -2.05. The highest BCUT2D eigenvalue weighted by Crippen LogP contribution is 1.99. The largest absolute Gasteiger partial charge is 0.382 e. The third kappa shape index (κ3) is 4.83. The predicted octanol–water partition coefficient (Wildman–Crippen LogP) is 1.91. The van der Waals surface area contributed by atoms with Crippen LogP contribution in [0.3, 0.4) is 0 Å². The lowest BCUT2D eigenvalue weighted by molar-refractivity contribution is 0.0716. The van der Waals surface area contributed by atoms with Gasteiger partial charge in [-0.25, -0.2) is 4.98 Å². The van der Waals surface area contributed by atoms with Crippen molar-refractivity contribution in [1.82, 2.24) is 9.97 Å². The third-order valence-electron chi connectivity index (χ3n) is 2.14. The monoisotopic (exact) mass is 242 g/mol. The molecule has 0 unspecified atom stereocenters. The zero-order chi connectivity index (χ0) is 11.8. The van der Waals surface area contributed by atoms with Gasteiger partial charge in [0.1, 0.15) is 10.5 Å². The number of methoxy groups -OCH3 is 1. The van der Waals surface area contributed by atoms with Gasteiger partial charge in [0, 0.05) is 19.2 Å². The van der Waals surface area contributed by atoms with Crippen LogP contribution < -0.4 is 0 Å². The van der Waals surface area contributed by atoms with Crippen molar-refractivity contribution in [1.29, 1.82) is 0 Å². The zero-order valence-corrected chi connectivity index (χ0v) is 10.6. The molecular weight excluding hydrogens is 224 g/mol. The summed E-state index contributed by atoms with van der Waals surface area (Å²) < 4.78 is 10.9. The van der Waals surface area contributed by atoms with Gasteiger partial charge in [-0.3, -0.25) is 0 Å². The molecule has 1 N–H and O–H groups in total. The molecule has 90 valence electrons. The average molecular weight is 242 g/mol. The van der Waals surface area contributed by atoms with Crippen molar-refractivity contribution in [3.63, 3.8) is 0 Å². The van der Waals surface area contributed by atoms with Gasteiger partial charge < -0.3 is 14.5 Å². The van der Waals surface area contributed by atoms with Gasteiger partial charge in [0.2, 0.25) is 0 Å². The van der Waals surface area contributed by atoms with Gasteiger partial charge >= 0.3 is 0 Å². The van der Waals surface area contributed by atoms with Gasteiger partial charge in [-0.2, -0.15) is 0 Å². The summed E-state index contributed by atoms with van der Waals surface area (Å²) in [4.78, 5) is 7.48. The minimum atomic E-state index is 0.616. The number of nitrogens with zero attached hydrogens (tertiary/aromatic N) is 1. The van der Waals surface area contributed by atoms with Crippen molar-refractivity contribution in [2.75, 3.05) is 26.9 Å². The van der Waals surface area contributed by atoms with E-state index in [0.717, 1.165) is 24.4 Å². The van der Waals surface area contributed by atoms with Gasteiger partial charge in [-0.15, -0.1) is 0 Å². The number of rotatable bonds is 7. The van der Waals surface area contributed by atoms with Crippen LogP contribution in [0, 0.1) is 4.64 Å². The van der Waals surface area contributed by atoms with E-state index >= 15 is 0 Å². The topological polar surface area (TPSA) is 47.1 Å². The first kappa shape index (κ1) is 13.3. The number of hydrogen-bond acceptors (Lipinski definition) is 4. The minimum Gasteiger partial charge on any atom is -0.382 e. The van der Waals surface area contributed by atoms with E-state index in [1.54, 1.807) is 7.11 Å². The van der Waals surface area contributed by atoms with Gasteiger partial charge in [0.25, 0.3) is 0 Å². The number of ether oxygens (including phenoxy) is 2. The van der Waals surface area contributed by atoms with Crippen LogP contribution in [0.2, 0.25) is 0 Å². The smallest absolute Gasteiger partial charge is 0.129 e. The summed E-state index contributed by atoms with van der Waals surface area (Å²) in [7, 11) is 1.66. The molecule has 1 heterocycles. The fourth-order valence-electron chi connectivity index (χ4n) is 1.29. The Kier molecular flexibility index (Phi) is 6.22. The van der Waals surface area contributed by atoms with Gasteiger partial charge in [-0.1, -0.05) is 19.1 Å². The standard InChI is InChI=1S/C11H18N2O2S/c1-3-9-8-11(16)13-10(12-9)4-5-15-7-6-14-2/h8H,3-7H2,1-2H3,(H,12,13,16). The van der Waals surface area contributed by atoms with E-state index in [0.29, 0.717) is 24.5 Å². The SMILES string of the molecule is CCc1cc(=S)nc(CCOCCOC)[nH]1. The Bertz CT molecular complexity index is 365. The molecule has 0 fully saturated rings. The highest BCUT2D eigenvalue weighted by Gasteiger charge is 1.98. The van der Waals surface area contributed by atoms with E-state index in [-0.39, 0.29) is 0 Å². The second kappa shape index (κ2) is 7.49. The van der Waals surface area contributed by atoms with Crippen molar-refractivity contribution < 1.29 is 9.47 Å². The van der Waals surface area contributed by atoms with Crippen LogP contribution in [0.1, 0.15) is 18.4 Å². The lowest BCUT2D eigenvalue weighted by atomic mass is 10.3. The summed E-state index contributed by atoms with van der Waals surface area (Å²) >= 11 is 5.08. The van der Waals surface area contributed by atoms with E-state index in [9.17, 15) is 0 Å². The maximum Gasteiger partial charge on any atom is 0.129 e. The molecule has 0 bridgehead atoms. The number of aromatic nitrogens is 2. The lowest BCUT2D eigenvalue weighted by Crippen LogP contribution is -2.08. The summed E-state index contributed by atoms with van der Waals surface area (Å²) in [5, 5.41) is 0. The number of H-pyrrole nitrogens is 1. The highest BCUT2D eigenvalue weighted by molar-refractivity contribution is 7.71. The van der Waals surface area contributed by atoms with Gasteiger partial charge in [0.05, 0.1) is 19.8 Å². The van der Waals surface area contributed by atoms with Crippen molar-refractivity contribution in [3.8, 4) is 0 Å². The van der Waals surface area contributed by atoms with Crippen LogP contribution in [0.15, 0.2) is 6.07 Å². The normalized spacial score (nSPS) is 10.6. The molecule has 1 rings (SSSR count). The van der Waals surface area contributed by atoms with Crippen molar-refractivity contribution in [2.24, 2.45) is 0 Å². The average Bonchev–Trinajstić information content (AvgIpc) is 2.28. The number of aromatic amines is 1. The van der Waals surface area contributed by atoms with Crippen LogP contribution in [0.4, 0.5) is 0 Å². The molecule has 1 aromatic heterocycles. The van der Waals surface area contributed by atoms with Gasteiger partial charge in [-0.05, 0) is 12.5 Å². The maximum atomic E-state index is 5.37. The van der Waals surface area contributed by atoms with E-state index < -0.39 is 0 Å². The Labute approximate surface area is 101 Å². The molecular formula is C11H18N2O2S. The number of aryl methyl sites for hydroxylation is 1. The summed E-state index contributed by atoms with van der Waals surface area (Å²) in [5.41, 5.74) is 1.12. The van der Waals surface area contributed by atoms with Crippen LogP contribution in [0.5, 0.6) is 0 Å². The van der Waals surface area contributed by atoms with Crippen LogP contribution >= 0.6 is 12.2 Å². The first-order valence-electron chi connectivity index (χ1n) is 5.42. The molecule has 16 heavy (non-hydrogen) atoms. The van der Waals surface area contributed by atoms with E-state index in [1.165, 1.54) is 0 Å². The van der Waals surface area contributed by atoms with Crippen molar-refractivity contribution in [3.05, 3.63) is 22.2 Å². The molecule has 0 aliphatic carbocycles. The molecule has 0 radical (unpaired) electrons. The Balaban J connectivity index is 2.41. The summed E-state index contributed by atoms with van der Waals surface area (Å²) in [6.07, 6.45) is 1.69.